The maximum absolute atomic E-state index is 12.3. The van der Waals surface area contributed by atoms with Gasteiger partial charge < -0.3 is 13.9 Å². The number of cyclic esters (lactones) is 1. The van der Waals surface area contributed by atoms with Gasteiger partial charge in [0.25, 0.3) is 0 Å². The van der Waals surface area contributed by atoms with Crippen molar-refractivity contribution >= 4 is 14.3 Å². The van der Waals surface area contributed by atoms with E-state index in [9.17, 15) is 4.79 Å². The van der Waals surface area contributed by atoms with Crippen LogP contribution >= 0.6 is 0 Å². The van der Waals surface area contributed by atoms with E-state index >= 15 is 0 Å². The molecule has 0 bridgehead atoms. The lowest BCUT2D eigenvalue weighted by molar-refractivity contribution is -0.151. The highest BCUT2D eigenvalue weighted by atomic mass is 28.4. The molecule has 0 unspecified atom stereocenters. The van der Waals surface area contributed by atoms with E-state index in [0.717, 1.165) is 5.56 Å². The fraction of sp³-hybridized carbons (Fsp3) is 0.550. The van der Waals surface area contributed by atoms with Crippen molar-refractivity contribution in [2.45, 2.75) is 57.7 Å². The molecule has 0 saturated carbocycles. The second kappa shape index (κ2) is 7.85. The standard InChI is InChI=1S/C20H30O4Si/c1-7-16-17(14-23-25(5,6)20(2,3)4)24-19(21)18(16)22-13-15-11-9-8-10-12-15/h7-12,16-18H,1,13-14H2,2-6H3/t16-,17-,18+/m1/s1. The van der Waals surface area contributed by atoms with Crippen molar-refractivity contribution in [2.24, 2.45) is 5.92 Å². The van der Waals surface area contributed by atoms with Gasteiger partial charge in [-0.2, -0.15) is 0 Å². The number of carbonyl (C=O) groups is 1. The van der Waals surface area contributed by atoms with Crippen LogP contribution in [0.2, 0.25) is 18.1 Å². The number of rotatable bonds is 7. The maximum atomic E-state index is 12.3. The number of esters is 1. The third-order valence-corrected chi connectivity index (χ3v) is 9.74. The van der Waals surface area contributed by atoms with Gasteiger partial charge in [0.1, 0.15) is 6.10 Å². The minimum absolute atomic E-state index is 0.114. The molecule has 1 aromatic rings. The molecule has 1 aliphatic heterocycles. The summed E-state index contributed by atoms with van der Waals surface area (Å²) in [6.45, 7) is 15.6. The van der Waals surface area contributed by atoms with Crippen molar-refractivity contribution in [3.8, 4) is 0 Å². The zero-order valence-electron chi connectivity index (χ0n) is 16.0. The highest BCUT2D eigenvalue weighted by Crippen LogP contribution is 2.37. The Morgan fingerprint density at radius 2 is 1.88 bits per heavy atom. The summed E-state index contributed by atoms with van der Waals surface area (Å²) in [4.78, 5) is 12.3. The SMILES string of the molecule is C=C[C@H]1[C@H](OCc2ccccc2)C(=O)O[C@@H]1CO[Si](C)(C)C(C)(C)C. The molecule has 5 heteroatoms. The molecule has 0 spiro atoms. The molecule has 2 rings (SSSR count). The predicted molar refractivity (Wildman–Crippen MR) is 102 cm³/mol. The second-order valence-electron chi connectivity index (χ2n) is 8.08. The fourth-order valence-corrected chi connectivity index (χ4v) is 3.53. The van der Waals surface area contributed by atoms with Crippen LogP contribution in [-0.4, -0.2) is 33.1 Å². The molecule has 138 valence electrons. The lowest BCUT2D eigenvalue weighted by atomic mass is 9.99. The van der Waals surface area contributed by atoms with Crippen molar-refractivity contribution in [3.63, 3.8) is 0 Å². The van der Waals surface area contributed by atoms with Gasteiger partial charge in [-0.05, 0) is 23.7 Å². The van der Waals surface area contributed by atoms with Crippen molar-refractivity contribution in [3.05, 3.63) is 48.6 Å². The van der Waals surface area contributed by atoms with Gasteiger partial charge in [0.15, 0.2) is 14.4 Å². The highest BCUT2D eigenvalue weighted by Gasteiger charge is 2.46. The number of benzene rings is 1. The monoisotopic (exact) mass is 362 g/mol. The Bertz CT molecular complexity index is 591. The van der Waals surface area contributed by atoms with E-state index in [-0.39, 0.29) is 23.0 Å². The van der Waals surface area contributed by atoms with Crippen LogP contribution in [0, 0.1) is 5.92 Å². The molecular weight excluding hydrogens is 332 g/mol. The zero-order chi connectivity index (χ0) is 18.7. The molecule has 0 N–H and O–H groups in total. The molecule has 1 saturated heterocycles. The Balaban J connectivity index is 1.98. The molecule has 1 heterocycles. The maximum Gasteiger partial charge on any atom is 0.336 e. The van der Waals surface area contributed by atoms with E-state index in [1.165, 1.54) is 0 Å². The van der Waals surface area contributed by atoms with Gasteiger partial charge in [-0.25, -0.2) is 4.79 Å². The minimum Gasteiger partial charge on any atom is -0.457 e. The highest BCUT2D eigenvalue weighted by molar-refractivity contribution is 6.74. The van der Waals surface area contributed by atoms with Crippen LogP contribution in [0.25, 0.3) is 0 Å². The molecule has 1 aliphatic rings. The summed E-state index contributed by atoms with van der Waals surface area (Å²) in [5.41, 5.74) is 1.03. The van der Waals surface area contributed by atoms with Gasteiger partial charge >= 0.3 is 5.97 Å². The average molecular weight is 363 g/mol. The Labute approximate surface area is 152 Å². The summed E-state index contributed by atoms with van der Waals surface area (Å²) < 4.78 is 17.6. The van der Waals surface area contributed by atoms with Gasteiger partial charge in [-0.3, -0.25) is 0 Å². The van der Waals surface area contributed by atoms with E-state index in [1.807, 2.05) is 30.3 Å². The first-order valence-electron chi connectivity index (χ1n) is 8.78. The largest absolute Gasteiger partial charge is 0.457 e. The summed E-state index contributed by atoms with van der Waals surface area (Å²) in [6.07, 6.45) is 0.797. The van der Waals surface area contributed by atoms with Crippen LogP contribution in [0.5, 0.6) is 0 Å². The molecular formula is C20H30O4Si. The normalized spacial score (nSPS) is 24.2. The predicted octanol–water partition coefficient (Wildman–Crippen LogP) is 4.32. The van der Waals surface area contributed by atoms with Crippen molar-refractivity contribution < 1.29 is 18.7 Å². The lowest BCUT2D eigenvalue weighted by Gasteiger charge is -2.37. The average Bonchev–Trinajstić information content (AvgIpc) is 2.86. The summed E-state index contributed by atoms with van der Waals surface area (Å²) in [5, 5.41) is 0.114. The van der Waals surface area contributed by atoms with Gasteiger partial charge in [0.05, 0.1) is 19.1 Å². The van der Waals surface area contributed by atoms with Gasteiger partial charge in [0.2, 0.25) is 0 Å². The molecule has 1 fully saturated rings. The fourth-order valence-electron chi connectivity index (χ4n) is 2.51. The van der Waals surface area contributed by atoms with Crippen LogP contribution in [0.4, 0.5) is 0 Å². The summed E-state index contributed by atoms with van der Waals surface area (Å²) >= 11 is 0. The van der Waals surface area contributed by atoms with Crippen molar-refractivity contribution in [2.75, 3.05) is 6.61 Å². The van der Waals surface area contributed by atoms with E-state index < -0.39 is 14.4 Å². The number of hydrogen-bond acceptors (Lipinski definition) is 4. The third kappa shape index (κ3) is 4.81. The Hall–Kier alpha value is -1.43. The molecule has 0 amide bonds. The number of hydrogen-bond donors (Lipinski definition) is 0. The van der Waals surface area contributed by atoms with Crippen molar-refractivity contribution in [1.29, 1.82) is 0 Å². The van der Waals surface area contributed by atoms with E-state index in [0.29, 0.717) is 13.2 Å². The first kappa shape index (κ1) is 19.9. The topological polar surface area (TPSA) is 44.8 Å². The van der Waals surface area contributed by atoms with E-state index in [1.54, 1.807) is 6.08 Å². The summed E-state index contributed by atoms with van der Waals surface area (Å²) in [6, 6.07) is 9.80. The first-order chi connectivity index (χ1) is 11.7. The van der Waals surface area contributed by atoms with Gasteiger partial charge in [0, 0.05) is 0 Å². The van der Waals surface area contributed by atoms with Gasteiger partial charge in [-0.15, -0.1) is 6.58 Å². The van der Waals surface area contributed by atoms with E-state index in [4.69, 9.17) is 13.9 Å². The number of ether oxygens (including phenoxy) is 2. The first-order valence-corrected chi connectivity index (χ1v) is 11.7. The minimum atomic E-state index is -1.90. The molecule has 0 aromatic heterocycles. The Morgan fingerprint density at radius 3 is 2.44 bits per heavy atom. The second-order valence-corrected chi connectivity index (χ2v) is 12.9. The lowest BCUT2D eigenvalue weighted by Crippen LogP contribution is -2.43. The van der Waals surface area contributed by atoms with Crippen LogP contribution in [-0.2, 0) is 25.3 Å². The molecule has 1 aromatic carbocycles. The molecule has 4 nitrogen and oxygen atoms in total. The third-order valence-electron chi connectivity index (χ3n) is 5.24. The molecule has 25 heavy (non-hydrogen) atoms. The van der Waals surface area contributed by atoms with Gasteiger partial charge in [-0.1, -0.05) is 57.2 Å². The van der Waals surface area contributed by atoms with Crippen LogP contribution < -0.4 is 0 Å². The van der Waals surface area contributed by atoms with Crippen molar-refractivity contribution in [1.82, 2.24) is 0 Å². The summed E-state index contributed by atoms with van der Waals surface area (Å²) in [5.74, 6) is -0.523. The van der Waals surface area contributed by atoms with Crippen LogP contribution in [0.3, 0.4) is 0 Å². The molecule has 0 aliphatic carbocycles. The number of carbonyl (C=O) groups excluding carboxylic acids is 1. The zero-order valence-corrected chi connectivity index (χ0v) is 17.0. The molecule has 0 radical (unpaired) electrons. The smallest absolute Gasteiger partial charge is 0.336 e. The quantitative estimate of drug-likeness (QED) is 0.412. The Kier molecular flexibility index (Phi) is 6.24. The Morgan fingerprint density at radius 1 is 1.24 bits per heavy atom. The van der Waals surface area contributed by atoms with Crippen LogP contribution in [0.1, 0.15) is 26.3 Å². The molecule has 3 atom stereocenters. The van der Waals surface area contributed by atoms with Crippen LogP contribution in [0.15, 0.2) is 43.0 Å². The van der Waals surface area contributed by atoms with E-state index in [2.05, 4.69) is 40.4 Å². The summed E-state index contributed by atoms with van der Waals surface area (Å²) in [7, 11) is -1.90.